The molecule has 0 aliphatic heterocycles. The van der Waals surface area contributed by atoms with Gasteiger partial charge in [-0.2, -0.15) is 11.3 Å². The van der Waals surface area contributed by atoms with Crippen LogP contribution in [0, 0.1) is 0 Å². The van der Waals surface area contributed by atoms with Crippen molar-refractivity contribution in [3.63, 3.8) is 0 Å². The summed E-state index contributed by atoms with van der Waals surface area (Å²) in [5.74, 6) is -0.231. The van der Waals surface area contributed by atoms with E-state index in [9.17, 15) is 9.59 Å². The Bertz CT molecular complexity index is 624. The fourth-order valence-electron chi connectivity index (χ4n) is 2.03. The molecule has 3 N–H and O–H groups in total. The van der Waals surface area contributed by atoms with Crippen LogP contribution in [0.2, 0.25) is 0 Å². The van der Waals surface area contributed by atoms with E-state index in [4.69, 9.17) is 5.11 Å². The fraction of sp³-hybridized carbons (Fsp3) is 0.294. The number of nitrogens with one attached hydrogen (secondary N) is 2. The number of amides is 2. The zero-order valence-electron chi connectivity index (χ0n) is 12.7. The van der Waals surface area contributed by atoms with Crippen molar-refractivity contribution in [3.05, 3.63) is 57.8 Å². The first kappa shape index (κ1) is 17.2. The Kier molecular flexibility index (Phi) is 6.77. The van der Waals surface area contributed by atoms with Gasteiger partial charge in [0.1, 0.15) is 0 Å². The molecule has 1 aromatic carbocycles. The molecule has 0 fully saturated rings. The van der Waals surface area contributed by atoms with Gasteiger partial charge in [-0.05, 0) is 29.0 Å². The van der Waals surface area contributed by atoms with Gasteiger partial charge in [-0.25, -0.2) is 0 Å². The number of hydrogen-bond acceptors (Lipinski definition) is 4. The van der Waals surface area contributed by atoms with Crippen molar-refractivity contribution in [3.8, 4) is 0 Å². The van der Waals surface area contributed by atoms with E-state index in [1.165, 1.54) is 11.3 Å². The third kappa shape index (κ3) is 5.84. The Morgan fingerprint density at radius 2 is 1.74 bits per heavy atom. The molecule has 6 heteroatoms. The van der Waals surface area contributed by atoms with Crippen molar-refractivity contribution in [2.75, 3.05) is 13.1 Å². The second kappa shape index (κ2) is 9.07. The van der Waals surface area contributed by atoms with E-state index in [2.05, 4.69) is 10.6 Å². The molecule has 0 spiro atoms. The van der Waals surface area contributed by atoms with E-state index in [0.717, 1.165) is 17.5 Å². The normalized spacial score (nSPS) is 10.3. The Morgan fingerprint density at radius 1 is 1.00 bits per heavy atom. The smallest absolute Gasteiger partial charge is 0.252 e. The molecular formula is C17H20N2O3S. The van der Waals surface area contributed by atoms with Crippen molar-refractivity contribution in [2.24, 2.45) is 0 Å². The molecule has 2 rings (SSSR count). The zero-order chi connectivity index (χ0) is 16.5. The molecule has 5 nitrogen and oxygen atoms in total. The number of carbonyl (C=O) groups is 2. The molecule has 122 valence electrons. The van der Waals surface area contributed by atoms with Gasteiger partial charge < -0.3 is 15.7 Å². The van der Waals surface area contributed by atoms with E-state index < -0.39 is 0 Å². The van der Waals surface area contributed by atoms with Gasteiger partial charge >= 0.3 is 0 Å². The molecule has 0 unspecified atom stereocenters. The third-order valence-electron chi connectivity index (χ3n) is 3.36. The average Bonchev–Trinajstić information content (AvgIpc) is 3.10. The predicted molar refractivity (Wildman–Crippen MR) is 90.3 cm³/mol. The lowest BCUT2D eigenvalue weighted by Gasteiger charge is -2.07. The number of thiophene rings is 1. The summed E-state index contributed by atoms with van der Waals surface area (Å²) < 4.78 is 0. The molecule has 1 aromatic heterocycles. The molecule has 0 radical (unpaired) electrons. The molecule has 23 heavy (non-hydrogen) atoms. The van der Waals surface area contributed by atoms with E-state index in [1.807, 2.05) is 29.6 Å². The first-order valence-electron chi connectivity index (χ1n) is 7.45. The lowest BCUT2D eigenvalue weighted by atomic mass is 10.1. The zero-order valence-corrected chi connectivity index (χ0v) is 13.6. The Hall–Kier alpha value is -2.18. The molecule has 2 amide bonds. The number of carbonyl (C=O) groups excluding carboxylic acids is 2. The first-order chi connectivity index (χ1) is 11.2. The highest BCUT2D eigenvalue weighted by molar-refractivity contribution is 7.08. The lowest BCUT2D eigenvalue weighted by molar-refractivity contribution is -0.120. The topological polar surface area (TPSA) is 78.4 Å². The fourth-order valence-corrected chi connectivity index (χ4v) is 2.67. The molecule has 0 bridgehead atoms. The monoisotopic (exact) mass is 332 g/mol. The van der Waals surface area contributed by atoms with Crippen LogP contribution in [0.3, 0.4) is 0 Å². The van der Waals surface area contributed by atoms with E-state index >= 15 is 0 Å². The van der Waals surface area contributed by atoms with Crippen LogP contribution < -0.4 is 10.6 Å². The summed E-state index contributed by atoms with van der Waals surface area (Å²) in [5, 5.41) is 18.1. The predicted octanol–water partition coefficient (Wildman–Crippen LogP) is 1.72. The summed E-state index contributed by atoms with van der Waals surface area (Å²) in [6.07, 6.45) is 0.998. The molecule has 1 heterocycles. The molecule has 2 aromatic rings. The standard InChI is InChI=1S/C17H20N2O3S/c20-11-14-3-1-13(2-4-14)5-8-18-16(21)6-9-19-17(22)15-7-10-23-12-15/h1-4,7,10,12,20H,5-6,8-9,11H2,(H,18,21)(H,19,22). The highest BCUT2D eigenvalue weighted by Crippen LogP contribution is 2.05. The Labute approximate surface area is 139 Å². The van der Waals surface area contributed by atoms with Crippen LogP contribution in [0.1, 0.15) is 27.9 Å². The van der Waals surface area contributed by atoms with Gasteiger partial charge in [0.25, 0.3) is 5.91 Å². The second-order valence-electron chi connectivity index (χ2n) is 5.09. The maximum atomic E-state index is 11.7. The summed E-state index contributed by atoms with van der Waals surface area (Å²) >= 11 is 1.46. The SMILES string of the molecule is O=C(CCNC(=O)c1ccsc1)NCCc1ccc(CO)cc1. The number of aliphatic hydroxyl groups excluding tert-OH is 1. The number of hydrogen-bond donors (Lipinski definition) is 3. The minimum absolute atomic E-state index is 0.0358. The van der Waals surface area contributed by atoms with Gasteiger partial charge in [-0.3, -0.25) is 9.59 Å². The van der Waals surface area contributed by atoms with Gasteiger partial charge in [0.15, 0.2) is 0 Å². The summed E-state index contributed by atoms with van der Waals surface area (Å²) in [6.45, 7) is 0.912. The highest BCUT2D eigenvalue weighted by Gasteiger charge is 2.06. The molecule has 0 saturated carbocycles. The minimum atomic E-state index is -0.150. The van der Waals surface area contributed by atoms with Gasteiger partial charge in [0.05, 0.1) is 6.61 Å². The number of aliphatic hydroxyl groups is 1. The van der Waals surface area contributed by atoms with Crippen molar-refractivity contribution in [2.45, 2.75) is 19.4 Å². The first-order valence-corrected chi connectivity index (χ1v) is 8.39. The maximum Gasteiger partial charge on any atom is 0.252 e. The largest absolute Gasteiger partial charge is 0.392 e. The van der Waals surface area contributed by atoms with Gasteiger partial charge in [0.2, 0.25) is 5.91 Å². The van der Waals surface area contributed by atoms with Crippen LogP contribution in [-0.4, -0.2) is 30.0 Å². The molecule has 0 aliphatic carbocycles. The molecule has 0 saturated heterocycles. The van der Waals surface area contributed by atoms with Crippen molar-refractivity contribution >= 4 is 23.2 Å². The van der Waals surface area contributed by atoms with Gasteiger partial charge in [0, 0.05) is 30.5 Å². The van der Waals surface area contributed by atoms with E-state index in [-0.39, 0.29) is 24.8 Å². The van der Waals surface area contributed by atoms with Crippen LogP contribution in [0.4, 0.5) is 0 Å². The number of rotatable bonds is 8. The summed E-state index contributed by atoms with van der Waals surface area (Å²) in [5.41, 5.74) is 2.61. The number of benzene rings is 1. The maximum absolute atomic E-state index is 11.7. The van der Waals surface area contributed by atoms with Crippen LogP contribution >= 0.6 is 11.3 Å². The van der Waals surface area contributed by atoms with Crippen molar-refractivity contribution < 1.29 is 14.7 Å². The van der Waals surface area contributed by atoms with Crippen LogP contribution in [0.15, 0.2) is 41.1 Å². The summed E-state index contributed by atoms with van der Waals surface area (Å²) in [7, 11) is 0. The summed E-state index contributed by atoms with van der Waals surface area (Å²) in [4.78, 5) is 23.4. The van der Waals surface area contributed by atoms with Gasteiger partial charge in [-0.1, -0.05) is 24.3 Å². The summed E-state index contributed by atoms with van der Waals surface area (Å²) in [6, 6.07) is 9.38. The molecule has 0 aliphatic rings. The lowest BCUT2D eigenvalue weighted by Crippen LogP contribution is -2.31. The Morgan fingerprint density at radius 3 is 2.39 bits per heavy atom. The van der Waals surface area contributed by atoms with Crippen LogP contribution in [-0.2, 0) is 17.8 Å². The van der Waals surface area contributed by atoms with Gasteiger partial charge in [-0.15, -0.1) is 0 Å². The third-order valence-corrected chi connectivity index (χ3v) is 4.05. The molecule has 0 atom stereocenters. The molecular weight excluding hydrogens is 312 g/mol. The minimum Gasteiger partial charge on any atom is -0.392 e. The second-order valence-corrected chi connectivity index (χ2v) is 5.87. The van der Waals surface area contributed by atoms with Crippen molar-refractivity contribution in [1.82, 2.24) is 10.6 Å². The van der Waals surface area contributed by atoms with Crippen LogP contribution in [0.5, 0.6) is 0 Å². The van der Waals surface area contributed by atoms with Crippen molar-refractivity contribution in [1.29, 1.82) is 0 Å². The highest BCUT2D eigenvalue weighted by atomic mass is 32.1. The van der Waals surface area contributed by atoms with E-state index in [0.29, 0.717) is 18.7 Å². The Balaban J connectivity index is 1.60. The average molecular weight is 332 g/mol. The quantitative estimate of drug-likeness (QED) is 0.689. The van der Waals surface area contributed by atoms with Crippen LogP contribution in [0.25, 0.3) is 0 Å². The van der Waals surface area contributed by atoms with E-state index in [1.54, 1.807) is 11.4 Å².